The molecule has 32 heavy (non-hydrogen) atoms. The predicted octanol–water partition coefficient (Wildman–Crippen LogP) is 2.98. The Balaban J connectivity index is 1.48. The molecule has 1 aromatic carbocycles. The smallest absolute Gasteiger partial charge is 0.251 e. The third kappa shape index (κ3) is 4.48. The van der Waals surface area contributed by atoms with Crippen molar-refractivity contribution in [3.05, 3.63) is 88.4 Å². The fraction of sp³-hybridized carbons (Fsp3) is 0.240. The highest BCUT2D eigenvalue weighted by Gasteiger charge is 2.29. The van der Waals surface area contributed by atoms with Gasteiger partial charge < -0.3 is 22.1 Å². The van der Waals surface area contributed by atoms with Gasteiger partial charge in [-0.25, -0.2) is 4.98 Å². The quantitative estimate of drug-likeness (QED) is 0.479. The number of pyridine rings is 2. The monoisotopic (exact) mass is 428 g/mol. The Morgan fingerprint density at radius 3 is 2.78 bits per heavy atom. The van der Waals surface area contributed by atoms with Crippen LogP contribution in [0.1, 0.15) is 38.4 Å². The van der Waals surface area contributed by atoms with Crippen LogP contribution in [0.25, 0.3) is 6.08 Å². The first-order chi connectivity index (χ1) is 15.4. The number of nitrogens with two attached hydrogens (primary N) is 2. The lowest BCUT2D eigenvalue weighted by atomic mass is 9.88. The van der Waals surface area contributed by atoms with Crippen molar-refractivity contribution in [2.24, 2.45) is 5.73 Å². The maximum absolute atomic E-state index is 12.8. The fourth-order valence-corrected chi connectivity index (χ4v) is 4.07. The van der Waals surface area contributed by atoms with Crippen molar-refractivity contribution in [2.75, 3.05) is 17.6 Å². The number of anilines is 2. The number of carbonyl (C=O) groups excluding carboxylic acids is 1. The average molecular weight is 429 g/mol. The second-order valence-electron chi connectivity index (χ2n) is 8.23. The predicted molar refractivity (Wildman–Crippen MR) is 128 cm³/mol. The molecule has 6 N–H and O–H groups in total. The van der Waals surface area contributed by atoms with Crippen LogP contribution in [0.5, 0.6) is 0 Å². The van der Waals surface area contributed by atoms with E-state index < -0.39 is 5.54 Å². The third-order valence-corrected chi connectivity index (χ3v) is 5.87. The second-order valence-corrected chi connectivity index (χ2v) is 8.23. The molecule has 164 valence electrons. The minimum absolute atomic E-state index is 0.163. The lowest BCUT2D eigenvalue weighted by Crippen LogP contribution is -2.47. The summed E-state index contributed by atoms with van der Waals surface area (Å²) in [5, 5.41) is 6.53. The number of nitrogens with one attached hydrogen (secondary N) is 2. The van der Waals surface area contributed by atoms with E-state index in [-0.39, 0.29) is 5.91 Å². The highest BCUT2D eigenvalue weighted by atomic mass is 16.1. The van der Waals surface area contributed by atoms with E-state index in [1.165, 1.54) is 0 Å². The summed E-state index contributed by atoms with van der Waals surface area (Å²) in [6.07, 6.45) is 6.40. The maximum Gasteiger partial charge on any atom is 0.251 e. The van der Waals surface area contributed by atoms with Gasteiger partial charge in [0.1, 0.15) is 5.82 Å². The number of carbonyl (C=O) groups is 1. The van der Waals surface area contributed by atoms with Gasteiger partial charge in [0.25, 0.3) is 5.91 Å². The molecule has 0 radical (unpaired) electrons. The van der Waals surface area contributed by atoms with Gasteiger partial charge in [0.15, 0.2) is 0 Å². The van der Waals surface area contributed by atoms with Crippen LogP contribution in [-0.2, 0) is 13.0 Å². The van der Waals surface area contributed by atoms with Crippen LogP contribution in [-0.4, -0.2) is 28.0 Å². The number of amides is 1. The zero-order chi connectivity index (χ0) is 22.7. The van der Waals surface area contributed by atoms with E-state index in [0.29, 0.717) is 30.9 Å². The first kappa shape index (κ1) is 21.5. The van der Waals surface area contributed by atoms with E-state index >= 15 is 0 Å². The summed E-state index contributed by atoms with van der Waals surface area (Å²) >= 11 is 0. The van der Waals surface area contributed by atoms with Gasteiger partial charge in [-0.15, -0.1) is 0 Å². The van der Waals surface area contributed by atoms with Gasteiger partial charge >= 0.3 is 0 Å². The van der Waals surface area contributed by atoms with E-state index in [4.69, 9.17) is 11.5 Å². The summed E-state index contributed by atoms with van der Waals surface area (Å²) in [5.41, 5.74) is 17.8. The van der Waals surface area contributed by atoms with Crippen molar-refractivity contribution >= 4 is 23.5 Å². The molecule has 1 unspecified atom stereocenters. The van der Waals surface area contributed by atoms with Crippen LogP contribution in [0.15, 0.2) is 54.7 Å². The Morgan fingerprint density at radius 1 is 1.19 bits per heavy atom. The van der Waals surface area contributed by atoms with Gasteiger partial charge in [0.2, 0.25) is 0 Å². The molecule has 1 aliphatic rings. The third-order valence-electron chi connectivity index (χ3n) is 5.87. The van der Waals surface area contributed by atoms with Crippen LogP contribution >= 0.6 is 0 Å². The van der Waals surface area contributed by atoms with Crippen molar-refractivity contribution in [2.45, 2.75) is 32.4 Å². The second kappa shape index (κ2) is 8.80. The summed E-state index contributed by atoms with van der Waals surface area (Å²) in [6.45, 7) is 4.64. The van der Waals surface area contributed by atoms with Gasteiger partial charge in [-0.1, -0.05) is 30.4 Å². The topological polar surface area (TPSA) is 119 Å². The van der Waals surface area contributed by atoms with Crippen LogP contribution in [0.3, 0.4) is 0 Å². The summed E-state index contributed by atoms with van der Waals surface area (Å²) in [5.74, 6) is 0.319. The molecular formula is C25H28N6O. The number of fused-ring (bicyclic) bond motifs is 1. The molecule has 7 nitrogen and oxygen atoms in total. The van der Waals surface area contributed by atoms with E-state index in [1.54, 1.807) is 12.3 Å². The van der Waals surface area contributed by atoms with E-state index in [2.05, 4.69) is 38.8 Å². The Kier molecular flexibility index (Phi) is 5.92. The molecule has 3 heterocycles. The minimum Gasteiger partial charge on any atom is -0.384 e. The molecule has 0 spiro atoms. The Hall–Kier alpha value is -3.71. The van der Waals surface area contributed by atoms with Gasteiger partial charge in [0, 0.05) is 48.3 Å². The molecule has 0 aliphatic carbocycles. The molecule has 2 aromatic heterocycles. The first-order valence-corrected chi connectivity index (χ1v) is 10.6. The lowest BCUT2D eigenvalue weighted by Gasteiger charge is -2.35. The fourth-order valence-electron chi connectivity index (χ4n) is 4.07. The van der Waals surface area contributed by atoms with E-state index in [1.807, 2.05) is 44.2 Å². The minimum atomic E-state index is -0.458. The van der Waals surface area contributed by atoms with Crippen LogP contribution in [0, 0.1) is 13.8 Å². The highest BCUT2D eigenvalue weighted by Crippen LogP contribution is 2.29. The molecule has 1 amide bonds. The highest BCUT2D eigenvalue weighted by molar-refractivity contribution is 5.94. The Labute approximate surface area is 188 Å². The summed E-state index contributed by atoms with van der Waals surface area (Å²) in [4.78, 5) is 21.6. The molecule has 1 atom stereocenters. The molecule has 0 bridgehead atoms. The summed E-state index contributed by atoms with van der Waals surface area (Å²) in [7, 11) is 0. The van der Waals surface area contributed by atoms with Crippen molar-refractivity contribution < 1.29 is 4.79 Å². The van der Waals surface area contributed by atoms with Crippen LogP contribution in [0.2, 0.25) is 0 Å². The molecule has 0 saturated carbocycles. The Morgan fingerprint density at radius 2 is 2.00 bits per heavy atom. The van der Waals surface area contributed by atoms with Crippen LogP contribution < -0.4 is 22.1 Å². The summed E-state index contributed by atoms with van der Waals surface area (Å²) < 4.78 is 0. The average Bonchev–Trinajstić information content (AvgIpc) is 2.78. The van der Waals surface area contributed by atoms with E-state index in [0.717, 1.165) is 33.8 Å². The number of nitrogen functional groups attached to an aromatic ring is 1. The number of hydrogen-bond donors (Lipinski definition) is 4. The maximum atomic E-state index is 12.8. The van der Waals surface area contributed by atoms with Crippen molar-refractivity contribution in [1.82, 2.24) is 15.3 Å². The molecule has 0 saturated heterocycles. The van der Waals surface area contributed by atoms with Gasteiger partial charge in [-0.2, -0.15) is 0 Å². The lowest BCUT2D eigenvalue weighted by molar-refractivity contribution is 0.0950. The standard InChI is InChI=1S/C25H28N6O/c1-16-11-23(27)30-17(2)21(16)14-29-24(32)19-8-10-28-20(12-19)13-25(15-26)9-7-18-5-3-4-6-22(18)31-25/h3-12,31H,13-15,26H2,1-2H3,(H2,27,30)(H,29,32). The normalized spacial score (nSPS) is 16.8. The molecule has 3 aromatic rings. The number of nitrogens with zero attached hydrogens (tertiary/aromatic N) is 2. The summed E-state index contributed by atoms with van der Waals surface area (Å²) in [6, 6.07) is 13.5. The molecule has 4 rings (SSSR count). The number of aryl methyl sites for hydroxylation is 2. The Bertz CT molecular complexity index is 1170. The zero-order valence-electron chi connectivity index (χ0n) is 18.4. The largest absolute Gasteiger partial charge is 0.384 e. The van der Waals surface area contributed by atoms with Crippen molar-refractivity contribution in [1.29, 1.82) is 0 Å². The number of hydrogen-bond acceptors (Lipinski definition) is 6. The van der Waals surface area contributed by atoms with Gasteiger partial charge in [-0.05, 0) is 54.8 Å². The molecule has 1 aliphatic heterocycles. The first-order valence-electron chi connectivity index (χ1n) is 10.6. The van der Waals surface area contributed by atoms with Crippen molar-refractivity contribution in [3.8, 4) is 0 Å². The van der Waals surface area contributed by atoms with E-state index in [9.17, 15) is 4.79 Å². The molecule has 7 heteroatoms. The molecular weight excluding hydrogens is 400 g/mol. The zero-order valence-corrected chi connectivity index (χ0v) is 18.4. The van der Waals surface area contributed by atoms with Crippen molar-refractivity contribution in [3.63, 3.8) is 0 Å². The van der Waals surface area contributed by atoms with Gasteiger partial charge in [0.05, 0.1) is 5.54 Å². The number of aromatic nitrogens is 2. The SMILES string of the molecule is Cc1cc(N)nc(C)c1CNC(=O)c1ccnc(CC2(CN)C=Cc3ccccc3N2)c1. The number of rotatable bonds is 6. The molecule has 0 fully saturated rings. The number of benzene rings is 1. The van der Waals surface area contributed by atoms with Gasteiger partial charge in [-0.3, -0.25) is 9.78 Å². The van der Waals surface area contributed by atoms with Crippen LogP contribution in [0.4, 0.5) is 11.5 Å². The number of para-hydroxylation sites is 1.